The predicted molar refractivity (Wildman–Crippen MR) is 177 cm³/mol. The van der Waals surface area contributed by atoms with Gasteiger partial charge in [-0.1, -0.05) is 44.5 Å². The molecule has 0 spiro atoms. The van der Waals surface area contributed by atoms with Crippen LogP contribution in [0.3, 0.4) is 0 Å². The van der Waals surface area contributed by atoms with Gasteiger partial charge in [-0.2, -0.15) is 0 Å². The zero-order valence-electron chi connectivity index (χ0n) is 27.1. The molecular formula is C37H48FN3O4. The lowest BCUT2D eigenvalue weighted by molar-refractivity contribution is -0.136. The van der Waals surface area contributed by atoms with Crippen molar-refractivity contribution in [1.29, 1.82) is 0 Å². The largest absolute Gasteiger partial charge is 0.493 e. The highest BCUT2D eigenvalue weighted by atomic mass is 19.1. The lowest BCUT2D eigenvalue weighted by Gasteiger charge is -2.40. The van der Waals surface area contributed by atoms with Crippen LogP contribution in [0, 0.1) is 18.2 Å². The molecule has 7 nitrogen and oxygen atoms in total. The van der Waals surface area contributed by atoms with Crippen LogP contribution in [0.4, 0.5) is 10.1 Å². The summed E-state index contributed by atoms with van der Waals surface area (Å²) in [5.41, 5.74) is 6.51. The van der Waals surface area contributed by atoms with Crippen LogP contribution < -0.4 is 9.64 Å². The summed E-state index contributed by atoms with van der Waals surface area (Å²) in [6.45, 7) is 12.9. The maximum atomic E-state index is 13.3. The molecule has 0 atom stereocenters. The molecular weight excluding hydrogens is 569 g/mol. The van der Waals surface area contributed by atoms with Gasteiger partial charge in [-0.05, 0) is 86.5 Å². The molecule has 0 saturated carbocycles. The minimum atomic E-state index is -0.861. The minimum Gasteiger partial charge on any atom is -0.493 e. The van der Waals surface area contributed by atoms with Crippen LogP contribution in [-0.2, 0) is 29.0 Å². The number of carboxylic acid groups (broad SMARTS) is 1. The second-order valence-electron chi connectivity index (χ2n) is 13.3. The summed E-state index contributed by atoms with van der Waals surface area (Å²) in [5, 5.41) is 9.93. The fraction of sp³-hybridized carbons (Fsp3) is 0.514. The summed E-state index contributed by atoms with van der Waals surface area (Å²) in [7, 11) is 0. The summed E-state index contributed by atoms with van der Waals surface area (Å²) in [5.74, 6) is -0.362. The quantitative estimate of drug-likeness (QED) is 0.206. The van der Waals surface area contributed by atoms with E-state index in [-0.39, 0.29) is 17.7 Å². The Balaban J connectivity index is 1.42. The number of rotatable bonds is 13. The number of piperidine rings is 2. The van der Waals surface area contributed by atoms with Crippen LogP contribution in [-0.4, -0.2) is 66.9 Å². The number of aromatic nitrogens is 1. The first-order valence-corrected chi connectivity index (χ1v) is 16.5. The molecule has 45 heavy (non-hydrogen) atoms. The number of pyridine rings is 1. The number of likely N-dealkylation sites (tertiary alicyclic amines) is 1. The van der Waals surface area contributed by atoms with E-state index in [0.29, 0.717) is 26.2 Å². The van der Waals surface area contributed by atoms with Gasteiger partial charge < -0.3 is 24.4 Å². The van der Waals surface area contributed by atoms with E-state index in [1.165, 1.54) is 31.4 Å². The van der Waals surface area contributed by atoms with E-state index >= 15 is 0 Å². The van der Waals surface area contributed by atoms with E-state index in [0.717, 1.165) is 90.6 Å². The van der Waals surface area contributed by atoms with Crippen LogP contribution in [0.5, 0.6) is 5.75 Å². The molecule has 2 saturated heterocycles. The van der Waals surface area contributed by atoms with Gasteiger partial charge in [0.1, 0.15) is 11.6 Å². The summed E-state index contributed by atoms with van der Waals surface area (Å²) in [6, 6.07) is 14.5. The average Bonchev–Trinajstić information content (AvgIpc) is 3.02. The van der Waals surface area contributed by atoms with E-state index in [1.807, 2.05) is 31.2 Å². The first kappa shape index (κ1) is 32.9. The Morgan fingerprint density at radius 1 is 0.956 bits per heavy atom. The van der Waals surface area contributed by atoms with Crippen LogP contribution in [0.25, 0.3) is 11.1 Å². The van der Waals surface area contributed by atoms with E-state index in [1.54, 1.807) is 12.1 Å². The highest BCUT2D eigenvalue weighted by Gasteiger charge is 2.31. The number of nitrogens with zero attached hydrogens (tertiary/aromatic N) is 3. The van der Waals surface area contributed by atoms with Gasteiger partial charge in [-0.15, -0.1) is 0 Å². The van der Waals surface area contributed by atoms with Crippen LogP contribution in [0.1, 0.15) is 68.5 Å². The Kier molecular flexibility index (Phi) is 11.1. The summed E-state index contributed by atoms with van der Waals surface area (Å²) < 4.78 is 25.6. The third-order valence-corrected chi connectivity index (χ3v) is 9.27. The van der Waals surface area contributed by atoms with Crippen molar-refractivity contribution >= 4 is 11.7 Å². The minimum absolute atomic E-state index is 0.0816. The van der Waals surface area contributed by atoms with Crippen molar-refractivity contribution in [1.82, 2.24) is 9.88 Å². The van der Waals surface area contributed by atoms with Gasteiger partial charge in [0.15, 0.2) is 0 Å². The number of aliphatic carboxylic acids is 1. The summed E-state index contributed by atoms with van der Waals surface area (Å²) in [6.07, 6.45) is 6.46. The van der Waals surface area contributed by atoms with Gasteiger partial charge in [0.2, 0.25) is 0 Å². The molecule has 242 valence electrons. The second kappa shape index (κ2) is 15.2. The smallest absolute Gasteiger partial charge is 0.307 e. The van der Waals surface area contributed by atoms with Crippen molar-refractivity contribution in [2.45, 2.75) is 72.3 Å². The normalized spacial score (nSPS) is 16.9. The van der Waals surface area contributed by atoms with Crippen molar-refractivity contribution in [2.24, 2.45) is 5.41 Å². The number of benzene rings is 2. The highest BCUT2D eigenvalue weighted by Crippen LogP contribution is 2.42. The Hall–Kier alpha value is -3.49. The Bertz CT molecular complexity index is 1410. The number of carbonyl (C=O) groups is 1. The molecule has 0 bridgehead atoms. The molecule has 8 heteroatoms. The predicted octanol–water partition coefficient (Wildman–Crippen LogP) is 7.07. The van der Waals surface area contributed by atoms with Crippen LogP contribution in [0.15, 0.2) is 48.5 Å². The van der Waals surface area contributed by atoms with Crippen molar-refractivity contribution in [3.8, 4) is 16.9 Å². The maximum Gasteiger partial charge on any atom is 0.307 e. The maximum absolute atomic E-state index is 13.3. The zero-order chi connectivity index (χ0) is 31.8. The van der Waals surface area contributed by atoms with Gasteiger partial charge in [-0.25, -0.2) is 4.39 Å². The van der Waals surface area contributed by atoms with Crippen LogP contribution in [0.2, 0.25) is 0 Å². The van der Waals surface area contributed by atoms with Gasteiger partial charge >= 0.3 is 5.97 Å². The SMILES string of the molecule is Cc1nc(COCCN2CCCCC2)c(-c2ccc(OCCc3ccc(F)cc3)cc2)c(N2CCC(C)(C)CC2)c1CC(=O)O. The zero-order valence-corrected chi connectivity index (χ0v) is 27.1. The topological polar surface area (TPSA) is 75.1 Å². The third-order valence-electron chi connectivity index (χ3n) is 9.27. The number of halogens is 1. The van der Waals surface area contributed by atoms with Gasteiger partial charge in [0, 0.05) is 42.9 Å². The number of anilines is 1. The molecule has 0 radical (unpaired) electrons. The molecule has 0 amide bonds. The molecule has 2 aliphatic rings. The molecule has 0 aliphatic carbocycles. The standard InChI is InChI=1S/C37H48FN3O4/c1-27-32(25-34(42)43)36(41-20-16-37(2,3)17-21-41)35(33(39-27)26-44-24-22-40-18-5-4-6-19-40)29-9-13-31(14-10-29)45-23-15-28-7-11-30(38)12-8-28/h7-14H,4-6,15-26H2,1-3H3,(H,42,43). The first-order valence-electron chi connectivity index (χ1n) is 16.5. The van der Waals surface area contributed by atoms with Gasteiger partial charge in [-0.3, -0.25) is 9.78 Å². The second-order valence-corrected chi connectivity index (χ2v) is 13.3. The molecule has 3 aromatic rings. The number of ether oxygens (including phenoxy) is 2. The van der Waals surface area contributed by atoms with Crippen LogP contribution >= 0.6 is 0 Å². The molecule has 1 aromatic heterocycles. The molecule has 0 unspecified atom stereocenters. The third kappa shape index (κ3) is 9.04. The molecule has 3 heterocycles. The molecule has 1 N–H and O–H groups in total. The van der Waals surface area contributed by atoms with Gasteiger partial charge in [0.25, 0.3) is 0 Å². The van der Waals surface area contributed by atoms with Crippen molar-refractivity contribution in [2.75, 3.05) is 50.8 Å². The van der Waals surface area contributed by atoms with E-state index in [9.17, 15) is 14.3 Å². The average molecular weight is 618 g/mol. The number of hydrogen-bond donors (Lipinski definition) is 1. The number of hydrogen-bond acceptors (Lipinski definition) is 6. The molecule has 2 aliphatic heterocycles. The number of carboxylic acids is 1. The van der Waals surface area contributed by atoms with E-state index < -0.39 is 5.97 Å². The van der Waals surface area contributed by atoms with Crippen molar-refractivity contribution in [3.05, 3.63) is 76.9 Å². The summed E-state index contributed by atoms with van der Waals surface area (Å²) in [4.78, 5) is 21.9. The summed E-state index contributed by atoms with van der Waals surface area (Å²) >= 11 is 0. The first-order chi connectivity index (χ1) is 21.7. The van der Waals surface area contributed by atoms with Crippen molar-refractivity contribution < 1.29 is 23.8 Å². The fourth-order valence-electron chi connectivity index (χ4n) is 6.44. The Morgan fingerprint density at radius 3 is 2.31 bits per heavy atom. The lowest BCUT2D eigenvalue weighted by atomic mass is 9.82. The monoisotopic (exact) mass is 617 g/mol. The number of aryl methyl sites for hydroxylation is 1. The van der Waals surface area contributed by atoms with E-state index in [4.69, 9.17) is 14.5 Å². The highest BCUT2D eigenvalue weighted by molar-refractivity contribution is 5.86. The molecule has 5 rings (SSSR count). The van der Waals surface area contributed by atoms with Crippen molar-refractivity contribution in [3.63, 3.8) is 0 Å². The fourth-order valence-corrected chi connectivity index (χ4v) is 6.44. The van der Waals surface area contributed by atoms with E-state index in [2.05, 4.69) is 23.6 Å². The Labute approximate surface area is 267 Å². The van der Waals surface area contributed by atoms with Gasteiger partial charge in [0.05, 0.1) is 37.6 Å². The molecule has 2 aromatic carbocycles. The molecule has 2 fully saturated rings. The Morgan fingerprint density at radius 2 is 1.64 bits per heavy atom. The lowest BCUT2D eigenvalue weighted by Crippen LogP contribution is -2.38.